The van der Waals surface area contributed by atoms with Gasteiger partial charge in [-0.15, -0.1) is 0 Å². The lowest BCUT2D eigenvalue weighted by Gasteiger charge is -2.12. The molecule has 0 spiro atoms. The molecule has 5 heteroatoms. The second-order valence-electron chi connectivity index (χ2n) is 5.25. The van der Waals surface area contributed by atoms with Gasteiger partial charge in [-0.1, -0.05) is 13.0 Å². The fourth-order valence-electron chi connectivity index (χ4n) is 2.08. The van der Waals surface area contributed by atoms with Crippen molar-refractivity contribution in [1.29, 1.82) is 0 Å². The number of hydrogen-bond donors (Lipinski definition) is 2. The fourth-order valence-corrected chi connectivity index (χ4v) is 2.08. The molecule has 2 unspecified atom stereocenters. The van der Waals surface area contributed by atoms with Crippen molar-refractivity contribution < 1.29 is 9.13 Å². The van der Waals surface area contributed by atoms with Crippen LogP contribution in [-0.4, -0.2) is 26.2 Å². The summed E-state index contributed by atoms with van der Waals surface area (Å²) in [6, 6.07) is 5.59. The van der Waals surface area contributed by atoms with Gasteiger partial charge in [0, 0.05) is 32.3 Å². The van der Waals surface area contributed by atoms with Crippen LogP contribution in [0.5, 0.6) is 0 Å². The largest absolute Gasteiger partial charge is 0.380 e. The summed E-state index contributed by atoms with van der Waals surface area (Å²) in [5.41, 5.74) is 1.58. The SMILES string of the molecule is CN=C(NCc1ccc(F)c(COC)c1)NC1CC1C. The van der Waals surface area contributed by atoms with Gasteiger partial charge in [0.1, 0.15) is 5.82 Å². The van der Waals surface area contributed by atoms with Crippen molar-refractivity contribution in [2.75, 3.05) is 14.2 Å². The number of ether oxygens (including phenoxy) is 1. The molecular weight excluding hydrogens is 257 g/mol. The van der Waals surface area contributed by atoms with Gasteiger partial charge in [-0.3, -0.25) is 4.99 Å². The summed E-state index contributed by atoms with van der Waals surface area (Å²) < 4.78 is 18.5. The Kier molecular flexibility index (Phi) is 4.95. The molecule has 20 heavy (non-hydrogen) atoms. The minimum atomic E-state index is -0.232. The molecule has 0 bridgehead atoms. The van der Waals surface area contributed by atoms with E-state index < -0.39 is 0 Å². The van der Waals surface area contributed by atoms with E-state index in [1.165, 1.54) is 12.5 Å². The average molecular weight is 279 g/mol. The molecule has 0 aliphatic heterocycles. The normalized spacial score (nSPS) is 21.7. The second-order valence-corrected chi connectivity index (χ2v) is 5.25. The number of guanidine groups is 1. The molecule has 0 aromatic heterocycles. The molecule has 1 saturated carbocycles. The van der Waals surface area contributed by atoms with Crippen LogP contribution in [0.15, 0.2) is 23.2 Å². The van der Waals surface area contributed by atoms with Gasteiger partial charge in [0.25, 0.3) is 0 Å². The number of benzene rings is 1. The predicted molar refractivity (Wildman–Crippen MR) is 78.0 cm³/mol. The first-order valence-electron chi connectivity index (χ1n) is 6.87. The Morgan fingerprint density at radius 1 is 1.50 bits per heavy atom. The number of nitrogens with zero attached hydrogens (tertiary/aromatic N) is 1. The molecule has 0 heterocycles. The van der Waals surface area contributed by atoms with Crippen molar-refractivity contribution in [3.63, 3.8) is 0 Å². The van der Waals surface area contributed by atoms with E-state index in [1.54, 1.807) is 20.2 Å². The zero-order valence-corrected chi connectivity index (χ0v) is 12.2. The molecule has 110 valence electrons. The summed E-state index contributed by atoms with van der Waals surface area (Å²) in [6.45, 7) is 3.10. The predicted octanol–water partition coefficient (Wildman–Crippen LogP) is 2.05. The number of nitrogens with one attached hydrogen (secondary N) is 2. The van der Waals surface area contributed by atoms with Crippen molar-refractivity contribution in [2.45, 2.75) is 32.5 Å². The van der Waals surface area contributed by atoms with Gasteiger partial charge in [0.05, 0.1) is 6.61 Å². The molecule has 0 radical (unpaired) electrons. The molecular formula is C15H22FN3O. The van der Waals surface area contributed by atoms with Crippen molar-refractivity contribution in [2.24, 2.45) is 10.9 Å². The van der Waals surface area contributed by atoms with Crippen molar-refractivity contribution >= 4 is 5.96 Å². The molecule has 2 rings (SSSR count). The lowest BCUT2D eigenvalue weighted by molar-refractivity contribution is 0.181. The Bertz CT molecular complexity index is 490. The van der Waals surface area contributed by atoms with Crippen LogP contribution in [0.4, 0.5) is 4.39 Å². The van der Waals surface area contributed by atoms with Crippen LogP contribution in [0.25, 0.3) is 0 Å². The summed E-state index contributed by atoms with van der Waals surface area (Å²) in [4.78, 5) is 4.19. The van der Waals surface area contributed by atoms with Crippen LogP contribution < -0.4 is 10.6 Å². The molecule has 2 atom stereocenters. The maximum Gasteiger partial charge on any atom is 0.191 e. The smallest absolute Gasteiger partial charge is 0.191 e. The van der Waals surface area contributed by atoms with E-state index >= 15 is 0 Å². The Labute approximate surface area is 119 Å². The number of hydrogen-bond acceptors (Lipinski definition) is 2. The Hall–Kier alpha value is -1.62. The number of halogens is 1. The van der Waals surface area contributed by atoms with Crippen LogP contribution in [-0.2, 0) is 17.9 Å². The lowest BCUT2D eigenvalue weighted by Crippen LogP contribution is -2.38. The topological polar surface area (TPSA) is 45.7 Å². The van der Waals surface area contributed by atoms with Crippen LogP contribution in [0.1, 0.15) is 24.5 Å². The standard InChI is InChI=1S/C15H22FN3O/c1-10-6-14(10)19-15(17-2)18-8-11-4-5-13(16)12(7-11)9-20-3/h4-5,7,10,14H,6,8-9H2,1-3H3,(H2,17,18,19). The Morgan fingerprint density at radius 3 is 2.85 bits per heavy atom. The van der Waals surface area contributed by atoms with Crippen LogP contribution >= 0.6 is 0 Å². The molecule has 1 aromatic rings. The molecule has 4 nitrogen and oxygen atoms in total. The van der Waals surface area contributed by atoms with E-state index in [-0.39, 0.29) is 12.4 Å². The minimum absolute atomic E-state index is 0.232. The van der Waals surface area contributed by atoms with E-state index in [9.17, 15) is 4.39 Å². The number of aliphatic imine (C=N–C) groups is 1. The summed E-state index contributed by atoms with van der Waals surface area (Å²) in [5, 5.41) is 6.59. The molecule has 1 aromatic carbocycles. The minimum Gasteiger partial charge on any atom is -0.380 e. The van der Waals surface area contributed by atoms with E-state index in [0.29, 0.717) is 24.1 Å². The third-order valence-electron chi connectivity index (χ3n) is 3.53. The first kappa shape index (κ1) is 14.8. The Morgan fingerprint density at radius 2 is 2.25 bits per heavy atom. The molecule has 1 fully saturated rings. The zero-order chi connectivity index (χ0) is 14.5. The second kappa shape index (κ2) is 6.70. The van der Waals surface area contributed by atoms with Gasteiger partial charge in [-0.25, -0.2) is 4.39 Å². The van der Waals surface area contributed by atoms with Gasteiger partial charge in [0.15, 0.2) is 5.96 Å². The molecule has 0 saturated heterocycles. The molecule has 1 aliphatic rings. The highest BCUT2D eigenvalue weighted by atomic mass is 19.1. The summed E-state index contributed by atoms with van der Waals surface area (Å²) in [5.74, 6) is 1.27. The van der Waals surface area contributed by atoms with Crippen LogP contribution in [0.2, 0.25) is 0 Å². The highest BCUT2D eigenvalue weighted by Crippen LogP contribution is 2.28. The number of methoxy groups -OCH3 is 1. The van der Waals surface area contributed by atoms with Crippen LogP contribution in [0.3, 0.4) is 0 Å². The Balaban J connectivity index is 1.90. The summed E-state index contributed by atoms with van der Waals surface area (Å²) >= 11 is 0. The fraction of sp³-hybridized carbons (Fsp3) is 0.533. The zero-order valence-electron chi connectivity index (χ0n) is 12.2. The molecule has 2 N–H and O–H groups in total. The van der Waals surface area contributed by atoms with Gasteiger partial charge < -0.3 is 15.4 Å². The highest BCUT2D eigenvalue weighted by molar-refractivity contribution is 5.80. The van der Waals surface area contributed by atoms with Crippen molar-refractivity contribution in [3.05, 3.63) is 35.1 Å². The third-order valence-corrected chi connectivity index (χ3v) is 3.53. The maximum atomic E-state index is 13.5. The summed E-state index contributed by atoms with van der Waals surface area (Å²) in [7, 11) is 3.32. The molecule has 0 amide bonds. The van der Waals surface area contributed by atoms with E-state index in [2.05, 4.69) is 22.5 Å². The molecule has 1 aliphatic carbocycles. The first-order chi connectivity index (χ1) is 9.63. The quantitative estimate of drug-likeness (QED) is 0.640. The summed E-state index contributed by atoms with van der Waals surface area (Å²) in [6.07, 6.45) is 1.19. The monoisotopic (exact) mass is 279 g/mol. The van der Waals surface area contributed by atoms with E-state index in [0.717, 1.165) is 11.5 Å². The third kappa shape index (κ3) is 3.93. The van der Waals surface area contributed by atoms with E-state index in [4.69, 9.17) is 4.74 Å². The average Bonchev–Trinajstić information content (AvgIpc) is 3.13. The van der Waals surface area contributed by atoms with Gasteiger partial charge in [0.2, 0.25) is 0 Å². The number of rotatable bonds is 5. The maximum absolute atomic E-state index is 13.5. The van der Waals surface area contributed by atoms with Gasteiger partial charge in [-0.05, 0) is 30.0 Å². The van der Waals surface area contributed by atoms with Crippen molar-refractivity contribution in [3.8, 4) is 0 Å². The highest BCUT2D eigenvalue weighted by Gasteiger charge is 2.33. The van der Waals surface area contributed by atoms with Crippen molar-refractivity contribution in [1.82, 2.24) is 10.6 Å². The van der Waals surface area contributed by atoms with Gasteiger partial charge in [-0.2, -0.15) is 0 Å². The van der Waals surface area contributed by atoms with Gasteiger partial charge >= 0.3 is 0 Å². The van der Waals surface area contributed by atoms with E-state index in [1.807, 2.05) is 6.07 Å². The lowest BCUT2D eigenvalue weighted by atomic mass is 10.1. The van der Waals surface area contributed by atoms with Crippen LogP contribution in [0, 0.1) is 11.7 Å². The first-order valence-corrected chi connectivity index (χ1v) is 6.87.